The van der Waals surface area contributed by atoms with Crippen molar-refractivity contribution in [3.63, 3.8) is 0 Å². The van der Waals surface area contributed by atoms with Crippen LogP contribution in [0.4, 0.5) is 0 Å². The molecule has 0 aliphatic rings. The van der Waals surface area contributed by atoms with Crippen molar-refractivity contribution in [2.45, 2.75) is 186 Å². The van der Waals surface area contributed by atoms with Gasteiger partial charge in [0.05, 0.1) is 28.5 Å². The summed E-state index contributed by atoms with van der Waals surface area (Å²) in [5.41, 5.74) is -0.942. The predicted molar refractivity (Wildman–Crippen MR) is 195 cm³/mol. The van der Waals surface area contributed by atoms with Crippen molar-refractivity contribution in [3.05, 3.63) is 54.0 Å². The molecule has 0 amide bonds. The molecule has 1 aromatic carbocycles. The molecule has 0 fully saturated rings. The molecule has 0 bridgehead atoms. The fourth-order valence-electron chi connectivity index (χ4n) is 5.80. The van der Waals surface area contributed by atoms with Crippen LogP contribution in [0.3, 0.4) is 0 Å². The van der Waals surface area contributed by atoms with Gasteiger partial charge in [0.2, 0.25) is 0 Å². The number of benzene rings is 1. The Morgan fingerprint density at radius 3 is 1.29 bits per heavy atom. The first kappa shape index (κ1) is 48.2. The Morgan fingerprint density at radius 1 is 0.571 bits per heavy atom. The topological polar surface area (TPSA) is 110 Å². The molecule has 0 atom stereocenters. The fraction of sp³-hybridized carbons (Fsp3) is 0.700. The van der Waals surface area contributed by atoms with E-state index in [1.165, 1.54) is 147 Å². The molecule has 0 aromatic heterocycles. The van der Waals surface area contributed by atoms with E-state index in [1.807, 2.05) is 0 Å². The van der Waals surface area contributed by atoms with Gasteiger partial charge in [-0.05, 0) is 50.0 Å². The number of carbonyl (C=O) groups excluding carboxylic acids is 2. The molecule has 9 heteroatoms. The van der Waals surface area contributed by atoms with Crippen molar-refractivity contribution in [1.29, 1.82) is 0 Å². The van der Waals surface area contributed by atoms with Crippen LogP contribution in [0, 0.1) is 0 Å². The van der Waals surface area contributed by atoms with E-state index in [0.29, 0.717) is 6.42 Å². The number of hydrogen-bond donors (Lipinski definition) is 0. The van der Waals surface area contributed by atoms with Gasteiger partial charge in [-0.25, -0.2) is 18.0 Å². The fourth-order valence-corrected chi connectivity index (χ4v) is 6.49. The molecule has 0 aliphatic heterocycles. The zero-order valence-electron chi connectivity index (χ0n) is 31.2. The third-order valence-corrected chi connectivity index (χ3v) is 9.59. The minimum atomic E-state index is -5.05. The number of hydrogen-bond acceptors (Lipinski definition) is 7. The maximum atomic E-state index is 12.9. The largest absolute Gasteiger partial charge is 1.00 e. The zero-order valence-corrected chi connectivity index (χ0v) is 35.1. The number of ether oxygens (including phenoxy) is 2. The molecule has 0 unspecified atom stereocenters. The minimum absolute atomic E-state index is 0. The maximum Gasteiger partial charge on any atom is 1.00 e. The number of allylic oxidation sites excluding steroid dienone is 2. The molecular weight excluding hydrogens is 664 g/mol. The molecule has 1 rings (SSSR count). The minimum Gasteiger partial charge on any atom is -0.744 e. The quantitative estimate of drug-likeness (QED) is 0.0247. The molecule has 7 nitrogen and oxygen atoms in total. The number of unbranched alkanes of at least 4 members (excludes halogenated alkanes) is 24. The summed E-state index contributed by atoms with van der Waals surface area (Å²) in [6, 6.07) is 3.48. The van der Waals surface area contributed by atoms with Crippen molar-refractivity contribution in [1.82, 2.24) is 0 Å². The Hall–Kier alpha value is -0.814. The molecule has 274 valence electrons. The van der Waals surface area contributed by atoms with Crippen LogP contribution >= 0.6 is 0 Å². The predicted octanol–water partition coefficient (Wildman–Crippen LogP) is 9.12. The van der Waals surface area contributed by atoms with E-state index in [2.05, 4.69) is 13.8 Å². The van der Waals surface area contributed by atoms with Gasteiger partial charge in [-0.1, -0.05) is 161 Å². The van der Waals surface area contributed by atoms with E-state index in [-0.39, 0.29) is 56.9 Å². The van der Waals surface area contributed by atoms with Crippen molar-refractivity contribution < 1.29 is 83.4 Å². The average Bonchev–Trinajstić information content (AvgIpc) is 3.07. The normalized spacial score (nSPS) is 11.7. The molecule has 0 N–H and O–H groups in total. The third kappa shape index (κ3) is 25.7. The van der Waals surface area contributed by atoms with Gasteiger partial charge < -0.3 is 14.0 Å². The van der Waals surface area contributed by atoms with Crippen LogP contribution in [0.25, 0.3) is 0 Å². The van der Waals surface area contributed by atoms with Crippen molar-refractivity contribution in [3.8, 4) is 0 Å². The Kier molecular flexibility index (Phi) is 32.5. The van der Waals surface area contributed by atoms with Crippen LogP contribution in [0.5, 0.6) is 0 Å². The molecule has 0 saturated carbocycles. The second-order valence-corrected chi connectivity index (χ2v) is 14.4. The molecule has 0 saturated heterocycles. The van der Waals surface area contributed by atoms with Gasteiger partial charge in [0.1, 0.15) is 10.1 Å². The van der Waals surface area contributed by atoms with E-state index in [0.717, 1.165) is 44.6 Å². The molecule has 0 radical (unpaired) electrons. The summed E-state index contributed by atoms with van der Waals surface area (Å²) in [4.78, 5) is 24.9. The first-order valence-electron chi connectivity index (χ1n) is 19.1. The maximum absolute atomic E-state index is 12.9. The van der Waals surface area contributed by atoms with Crippen molar-refractivity contribution >= 4 is 22.1 Å². The van der Waals surface area contributed by atoms with E-state index in [4.69, 9.17) is 9.47 Å². The zero-order chi connectivity index (χ0) is 35.1. The Morgan fingerprint density at radius 2 is 0.918 bits per heavy atom. The SMILES string of the molecule is CCCCCCCCCCCCCC/C=C/OC(=O)c1cccc(S(=O)(=O)[O-])c1C(=O)O/C=C/CCCCCCCCCCCCCC.[K+]. The summed E-state index contributed by atoms with van der Waals surface area (Å²) in [6.45, 7) is 4.48. The molecular formula is C40H65KO7S. The molecule has 1 aromatic rings. The van der Waals surface area contributed by atoms with Gasteiger partial charge in [0.15, 0.2) is 0 Å². The van der Waals surface area contributed by atoms with E-state index in [1.54, 1.807) is 12.2 Å². The van der Waals surface area contributed by atoms with Crippen molar-refractivity contribution in [2.75, 3.05) is 0 Å². The Balaban J connectivity index is 0.0000230. The summed E-state index contributed by atoms with van der Waals surface area (Å²) < 4.78 is 46.0. The van der Waals surface area contributed by atoms with Crippen LogP contribution in [0.15, 0.2) is 47.8 Å². The van der Waals surface area contributed by atoms with Crippen LogP contribution in [-0.4, -0.2) is 24.9 Å². The monoisotopic (exact) mass is 728 g/mol. The Bertz CT molecular complexity index is 1150. The third-order valence-electron chi connectivity index (χ3n) is 8.71. The smallest absolute Gasteiger partial charge is 0.744 e. The van der Waals surface area contributed by atoms with Gasteiger partial charge in [-0.2, -0.15) is 0 Å². The number of rotatable bonds is 31. The number of esters is 2. The number of carbonyl (C=O) groups is 2. The van der Waals surface area contributed by atoms with Gasteiger partial charge >= 0.3 is 63.3 Å². The van der Waals surface area contributed by atoms with Crippen LogP contribution in [0.1, 0.15) is 202 Å². The van der Waals surface area contributed by atoms with Crippen LogP contribution < -0.4 is 51.4 Å². The average molecular weight is 729 g/mol. The van der Waals surface area contributed by atoms with E-state index < -0.39 is 32.5 Å². The second kappa shape index (κ2) is 33.1. The van der Waals surface area contributed by atoms with Gasteiger partial charge in [-0.15, -0.1) is 0 Å². The summed E-state index contributed by atoms with van der Waals surface area (Å²) in [5, 5.41) is 0. The van der Waals surface area contributed by atoms with E-state index >= 15 is 0 Å². The first-order chi connectivity index (χ1) is 23.3. The van der Waals surface area contributed by atoms with Crippen LogP contribution in [-0.2, 0) is 19.6 Å². The first-order valence-corrected chi connectivity index (χ1v) is 20.5. The van der Waals surface area contributed by atoms with Gasteiger partial charge in [-0.3, -0.25) is 0 Å². The molecule has 0 aliphatic carbocycles. The summed E-state index contributed by atoms with van der Waals surface area (Å²) in [7, 11) is -5.05. The Labute approximate surface area is 342 Å². The molecule has 49 heavy (non-hydrogen) atoms. The van der Waals surface area contributed by atoms with Crippen LogP contribution in [0.2, 0.25) is 0 Å². The molecule has 0 heterocycles. The second-order valence-electron chi connectivity index (χ2n) is 13.0. The van der Waals surface area contributed by atoms with Gasteiger partial charge in [0, 0.05) is 0 Å². The van der Waals surface area contributed by atoms with Crippen molar-refractivity contribution in [2.24, 2.45) is 0 Å². The molecule has 0 spiro atoms. The summed E-state index contributed by atoms with van der Waals surface area (Å²) >= 11 is 0. The van der Waals surface area contributed by atoms with Gasteiger partial charge in [0.25, 0.3) is 0 Å². The standard InChI is InChI=1S/C40H66O7S.K/c1-3-5-7-9-11-13-15-17-19-21-23-25-27-29-34-46-39(41)36-32-31-33-37(48(43,44)45)38(36)40(42)47-35-30-28-26-24-22-20-18-16-14-12-10-8-6-4-2;/h29-35H,3-28H2,1-2H3,(H,43,44,45);/q;+1/p-1/b34-29+,35-30+;. The summed E-state index contributed by atoms with van der Waals surface area (Å²) in [5.74, 6) is -2.03. The van der Waals surface area contributed by atoms with E-state index in [9.17, 15) is 22.6 Å². The summed E-state index contributed by atoms with van der Waals surface area (Å²) in [6.07, 6.45) is 37.4.